The lowest BCUT2D eigenvalue weighted by atomic mass is 10.1. The van der Waals surface area contributed by atoms with Crippen molar-refractivity contribution in [3.05, 3.63) is 35.9 Å². The number of anilines is 1. The zero-order valence-electron chi connectivity index (χ0n) is 12.1. The number of hydrogen-bond donors (Lipinski definition) is 1. The van der Waals surface area contributed by atoms with Gasteiger partial charge in [0.15, 0.2) is 17.1 Å². The van der Waals surface area contributed by atoms with Crippen molar-refractivity contribution in [1.29, 1.82) is 0 Å². The van der Waals surface area contributed by atoms with Crippen LogP contribution in [0.2, 0.25) is 0 Å². The molecule has 3 rings (SSSR count). The van der Waals surface area contributed by atoms with E-state index in [1.807, 2.05) is 25.1 Å². The number of benzene rings is 2. The number of hydrogen-bond acceptors (Lipinski definition) is 5. The van der Waals surface area contributed by atoms with E-state index in [2.05, 4.69) is 4.98 Å². The first-order valence-corrected chi connectivity index (χ1v) is 6.52. The van der Waals surface area contributed by atoms with Crippen molar-refractivity contribution in [3.63, 3.8) is 0 Å². The first kappa shape index (κ1) is 13.3. The van der Waals surface area contributed by atoms with Gasteiger partial charge in [0.25, 0.3) is 0 Å². The Hall–Kier alpha value is -2.69. The minimum Gasteiger partial charge on any atom is -0.493 e. The summed E-state index contributed by atoms with van der Waals surface area (Å²) in [5.74, 6) is 1.63. The lowest BCUT2D eigenvalue weighted by Gasteiger charge is -2.10. The second-order valence-electron chi connectivity index (χ2n) is 4.74. The Morgan fingerprint density at radius 2 is 1.81 bits per heavy atom. The third-order valence-corrected chi connectivity index (χ3v) is 3.41. The molecule has 1 aromatic heterocycles. The maximum atomic E-state index is 6.08. The van der Waals surface area contributed by atoms with Gasteiger partial charge in [-0.1, -0.05) is 12.1 Å². The molecule has 0 aliphatic rings. The molecule has 0 unspecified atom stereocenters. The number of nitrogen functional groups attached to an aromatic ring is 1. The average Bonchev–Trinajstić information content (AvgIpc) is 2.92. The molecule has 0 spiro atoms. The zero-order valence-corrected chi connectivity index (χ0v) is 12.1. The number of aromatic nitrogens is 1. The molecule has 2 N–H and O–H groups in total. The highest BCUT2D eigenvalue weighted by Crippen LogP contribution is 2.38. The lowest BCUT2D eigenvalue weighted by Crippen LogP contribution is -1.96. The number of oxazole rings is 1. The van der Waals surface area contributed by atoms with Crippen LogP contribution in [0.1, 0.15) is 5.56 Å². The van der Waals surface area contributed by atoms with Crippen LogP contribution in [0.5, 0.6) is 11.5 Å². The third kappa shape index (κ3) is 2.16. The molecule has 0 saturated heterocycles. The van der Waals surface area contributed by atoms with Crippen molar-refractivity contribution >= 4 is 16.8 Å². The average molecular weight is 284 g/mol. The fourth-order valence-corrected chi connectivity index (χ4v) is 2.28. The van der Waals surface area contributed by atoms with E-state index in [-0.39, 0.29) is 0 Å². The van der Waals surface area contributed by atoms with Gasteiger partial charge in [-0.2, -0.15) is 0 Å². The molecular formula is C16H16N2O3. The highest BCUT2D eigenvalue weighted by molar-refractivity contribution is 5.83. The van der Waals surface area contributed by atoms with E-state index in [1.165, 1.54) is 0 Å². The van der Waals surface area contributed by atoms with Gasteiger partial charge < -0.3 is 19.6 Å². The molecule has 0 radical (unpaired) electrons. The Balaban J connectivity index is 2.20. The molecule has 0 bridgehead atoms. The highest BCUT2D eigenvalue weighted by Gasteiger charge is 2.16. The first-order valence-electron chi connectivity index (χ1n) is 6.52. The smallest absolute Gasteiger partial charge is 0.229 e. The Bertz CT molecular complexity index is 809. The fraction of sp³-hybridized carbons (Fsp3) is 0.188. The summed E-state index contributed by atoms with van der Waals surface area (Å²) in [7, 11) is 3.15. The van der Waals surface area contributed by atoms with Crippen LogP contribution in [0, 0.1) is 6.92 Å². The van der Waals surface area contributed by atoms with Crippen LogP contribution in [0.15, 0.2) is 34.7 Å². The van der Waals surface area contributed by atoms with Crippen molar-refractivity contribution in [2.45, 2.75) is 6.92 Å². The molecule has 3 aromatic rings. The molecule has 2 aromatic carbocycles. The minimum absolute atomic E-state index is 0.470. The maximum absolute atomic E-state index is 6.08. The van der Waals surface area contributed by atoms with Gasteiger partial charge in [-0.3, -0.25) is 0 Å². The van der Waals surface area contributed by atoms with Gasteiger partial charge >= 0.3 is 0 Å². The van der Waals surface area contributed by atoms with E-state index in [0.29, 0.717) is 28.6 Å². The normalized spacial score (nSPS) is 10.8. The van der Waals surface area contributed by atoms with Crippen molar-refractivity contribution < 1.29 is 13.9 Å². The summed E-state index contributed by atoms with van der Waals surface area (Å²) in [6.45, 7) is 1.99. The summed E-state index contributed by atoms with van der Waals surface area (Å²) in [5, 5.41) is 0. The predicted octanol–water partition coefficient (Wildman–Crippen LogP) is 3.40. The lowest BCUT2D eigenvalue weighted by molar-refractivity contribution is 0.355. The Kier molecular flexibility index (Phi) is 3.17. The molecule has 0 saturated carbocycles. The third-order valence-electron chi connectivity index (χ3n) is 3.41. The number of aryl methyl sites for hydroxylation is 1. The Labute approximate surface area is 122 Å². The minimum atomic E-state index is 0.470. The Morgan fingerprint density at radius 3 is 2.48 bits per heavy atom. The van der Waals surface area contributed by atoms with Crippen molar-refractivity contribution in [3.8, 4) is 23.0 Å². The fourth-order valence-electron chi connectivity index (χ4n) is 2.28. The summed E-state index contributed by atoms with van der Waals surface area (Å²) in [6, 6.07) is 9.29. The molecule has 0 aliphatic carbocycles. The van der Waals surface area contributed by atoms with Crippen LogP contribution in [0.4, 0.5) is 5.69 Å². The van der Waals surface area contributed by atoms with Gasteiger partial charge in [-0.05, 0) is 24.6 Å². The summed E-state index contributed by atoms with van der Waals surface area (Å²) >= 11 is 0. The van der Waals surface area contributed by atoms with Crippen LogP contribution in [0.3, 0.4) is 0 Å². The number of fused-ring (bicyclic) bond motifs is 1. The number of ether oxygens (including phenoxy) is 2. The molecule has 0 aliphatic heterocycles. The summed E-state index contributed by atoms with van der Waals surface area (Å²) in [4.78, 5) is 4.53. The van der Waals surface area contributed by atoms with Crippen LogP contribution in [-0.4, -0.2) is 19.2 Å². The van der Waals surface area contributed by atoms with Crippen LogP contribution >= 0.6 is 0 Å². The van der Waals surface area contributed by atoms with Crippen molar-refractivity contribution in [2.24, 2.45) is 0 Å². The van der Waals surface area contributed by atoms with E-state index in [9.17, 15) is 0 Å². The largest absolute Gasteiger partial charge is 0.493 e. The molecule has 5 heteroatoms. The van der Waals surface area contributed by atoms with Gasteiger partial charge in [-0.15, -0.1) is 0 Å². The van der Waals surface area contributed by atoms with Crippen LogP contribution in [-0.2, 0) is 0 Å². The van der Waals surface area contributed by atoms with E-state index in [1.54, 1.807) is 26.4 Å². The predicted molar refractivity (Wildman–Crippen MR) is 81.7 cm³/mol. The molecule has 0 amide bonds. The quantitative estimate of drug-likeness (QED) is 0.746. The van der Waals surface area contributed by atoms with Gasteiger partial charge in [0, 0.05) is 11.8 Å². The second kappa shape index (κ2) is 5.01. The van der Waals surface area contributed by atoms with Gasteiger partial charge in [0.2, 0.25) is 5.89 Å². The van der Waals surface area contributed by atoms with E-state index < -0.39 is 0 Å². The zero-order chi connectivity index (χ0) is 15.0. The van der Waals surface area contributed by atoms with Crippen LogP contribution < -0.4 is 15.2 Å². The summed E-state index contributed by atoms with van der Waals surface area (Å²) < 4.78 is 16.3. The summed E-state index contributed by atoms with van der Waals surface area (Å²) in [5.41, 5.74) is 9.91. The second-order valence-corrected chi connectivity index (χ2v) is 4.74. The van der Waals surface area contributed by atoms with Gasteiger partial charge in [0.1, 0.15) is 5.52 Å². The first-order chi connectivity index (χ1) is 10.1. The molecule has 1 heterocycles. The molecular weight excluding hydrogens is 268 g/mol. The number of para-hydroxylation sites is 1. The highest BCUT2D eigenvalue weighted by atomic mass is 16.5. The Morgan fingerprint density at radius 1 is 1.10 bits per heavy atom. The monoisotopic (exact) mass is 284 g/mol. The molecule has 108 valence electrons. The van der Waals surface area contributed by atoms with E-state index in [4.69, 9.17) is 19.6 Å². The van der Waals surface area contributed by atoms with E-state index >= 15 is 0 Å². The molecule has 21 heavy (non-hydrogen) atoms. The molecule has 5 nitrogen and oxygen atoms in total. The standard InChI is InChI=1S/C16H16N2O3/c1-9-5-4-6-12-15(9)18-16(21-12)10-7-13(19-2)14(20-3)8-11(10)17/h4-8H,17H2,1-3H3. The van der Waals surface area contributed by atoms with Crippen molar-refractivity contribution in [2.75, 3.05) is 20.0 Å². The summed E-state index contributed by atoms with van der Waals surface area (Å²) in [6.07, 6.45) is 0. The van der Waals surface area contributed by atoms with Crippen molar-refractivity contribution in [1.82, 2.24) is 4.98 Å². The van der Waals surface area contributed by atoms with E-state index in [0.717, 1.165) is 16.7 Å². The number of rotatable bonds is 3. The molecule has 0 fully saturated rings. The number of methoxy groups -OCH3 is 2. The van der Waals surface area contributed by atoms with Gasteiger partial charge in [-0.25, -0.2) is 4.98 Å². The SMILES string of the molecule is COc1cc(N)c(-c2nc3c(C)cccc3o2)cc1OC. The van der Waals surface area contributed by atoms with Gasteiger partial charge in [0.05, 0.1) is 19.8 Å². The topological polar surface area (TPSA) is 70.5 Å². The molecule has 0 atom stereocenters. The van der Waals surface area contributed by atoms with Crippen LogP contribution in [0.25, 0.3) is 22.6 Å². The maximum Gasteiger partial charge on any atom is 0.229 e. The number of nitrogens with two attached hydrogens (primary N) is 1. The number of nitrogens with zero attached hydrogens (tertiary/aromatic N) is 1.